The Labute approximate surface area is 210 Å². The summed E-state index contributed by atoms with van der Waals surface area (Å²) < 4.78 is 12.7. The molecule has 4 aromatic rings. The van der Waals surface area contributed by atoms with Gasteiger partial charge >= 0.3 is 5.97 Å². The van der Waals surface area contributed by atoms with Crippen molar-refractivity contribution in [1.29, 1.82) is 0 Å². The van der Waals surface area contributed by atoms with E-state index in [4.69, 9.17) is 9.47 Å². The number of nitrogens with zero attached hydrogens (tertiary/aromatic N) is 1. The van der Waals surface area contributed by atoms with Gasteiger partial charge in [-0.3, -0.25) is 0 Å². The molecule has 178 valence electrons. The molecule has 5 nitrogen and oxygen atoms in total. The zero-order chi connectivity index (χ0) is 24.9. The Kier molecular flexibility index (Phi) is 5.07. The molecule has 0 fully saturated rings. The summed E-state index contributed by atoms with van der Waals surface area (Å²) in [6.07, 6.45) is 1.79. The average molecular weight is 475 g/mol. The van der Waals surface area contributed by atoms with Crippen molar-refractivity contribution in [2.24, 2.45) is 0 Å². The molecule has 1 atom stereocenters. The van der Waals surface area contributed by atoms with Gasteiger partial charge in [-0.1, -0.05) is 42.5 Å². The van der Waals surface area contributed by atoms with Crippen LogP contribution >= 0.6 is 0 Å². The SMILES string of the molecule is C=CN(CC)c1ccc2c(c1)Oc1ccc(Nc3ccc(C)cc3)cc1C21OC(=O)c2ccccc21. The molecule has 0 saturated carbocycles. The van der Waals surface area contributed by atoms with Crippen molar-refractivity contribution in [3.8, 4) is 11.5 Å². The summed E-state index contributed by atoms with van der Waals surface area (Å²) in [6.45, 7) is 8.83. The minimum Gasteiger partial charge on any atom is -0.456 e. The van der Waals surface area contributed by atoms with Gasteiger partial charge in [0, 0.05) is 46.4 Å². The number of nitrogens with one attached hydrogen (secondary N) is 1. The van der Waals surface area contributed by atoms with E-state index in [1.165, 1.54) is 5.56 Å². The van der Waals surface area contributed by atoms with Crippen molar-refractivity contribution in [3.63, 3.8) is 0 Å². The van der Waals surface area contributed by atoms with E-state index in [9.17, 15) is 4.79 Å². The fourth-order valence-electron chi connectivity index (χ4n) is 5.14. The number of hydrogen-bond acceptors (Lipinski definition) is 5. The first-order chi connectivity index (χ1) is 17.5. The van der Waals surface area contributed by atoms with E-state index in [2.05, 4.69) is 37.9 Å². The summed E-state index contributed by atoms with van der Waals surface area (Å²) >= 11 is 0. The number of benzene rings is 4. The van der Waals surface area contributed by atoms with Crippen LogP contribution in [0.2, 0.25) is 0 Å². The molecule has 1 unspecified atom stereocenters. The average Bonchev–Trinajstić information content (AvgIpc) is 3.19. The van der Waals surface area contributed by atoms with Gasteiger partial charge < -0.3 is 19.7 Å². The van der Waals surface area contributed by atoms with Crippen LogP contribution in [0.25, 0.3) is 0 Å². The molecule has 5 heteroatoms. The maximum Gasteiger partial charge on any atom is 0.340 e. The van der Waals surface area contributed by atoms with E-state index in [0.29, 0.717) is 17.1 Å². The van der Waals surface area contributed by atoms with Crippen LogP contribution in [0.5, 0.6) is 11.5 Å². The molecule has 36 heavy (non-hydrogen) atoms. The van der Waals surface area contributed by atoms with Crippen molar-refractivity contribution >= 4 is 23.0 Å². The molecule has 4 aromatic carbocycles. The topological polar surface area (TPSA) is 50.8 Å². The summed E-state index contributed by atoms with van der Waals surface area (Å²) in [5.41, 5.74) is 5.87. The van der Waals surface area contributed by atoms with Crippen LogP contribution < -0.4 is 15.0 Å². The summed E-state index contributed by atoms with van der Waals surface area (Å²) in [5.74, 6) is 0.968. The maximum atomic E-state index is 13.1. The van der Waals surface area contributed by atoms with Crippen molar-refractivity contribution in [3.05, 3.63) is 126 Å². The lowest BCUT2D eigenvalue weighted by molar-refractivity contribution is 0.0224. The van der Waals surface area contributed by atoms with Crippen LogP contribution in [0.15, 0.2) is 97.7 Å². The molecular formula is C31H26N2O3. The van der Waals surface area contributed by atoms with Crippen LogP contribution in [0, 0.1) is 6.92 Å². The second-order valence-corrected chi connectivity index (χ2v) is 9.07. The fraction of sp³-hybridized carbons (Fsp3) is 0.129. The highest BCUT2D eigenvalue weighted by molar-refractivity contribution is 5.97. The summed E-state index contributed by atoms with van der Waals surface area (Å²) in [6, 6.07) is 27.7. The first-order valence-corrected chi connectivity index (χ1v) is 12.1. The van der Waals surface area contributed by atoms with E-state index < -0.39 is 5.60 Å². The molecule has 6 rings (SSSR count). The Hall–Kier alpha value is -4.51. The molecule has 1 N–H and O–H groups in total. The second-order valence-electron chi connectivity index (χ2n) is 9.07. The van der Waals surface area contributed by atoms with Crippen molar-refractivity contribution in [2.45, 2.75) is 19.4 Å². The Bertz CT molecular complexity index is 1510. The van der Waals surface area contributed by atoms with Crippen molar-refractivity contribution in [1.82, 2.24) is 0 Å². The summed E-state index contributed by atoms with van der Waals surface area (Å²) in [5, 5.41) is 3.47. The second kappa shape index (κ2) is 8.31. The number of fused-ring (bicyclic) bond motifs is 6. The normalized spacial score (nSPS) is 16.9. The van der Waals surface area contributed by atoms with Gasteiger partial charge in [-0.25, -0.2) is 4.79 Å². The number of carbonyl (C=O) groups excluding carboxylic acids is 1. The number of aryl methyl sites for hydroxylation is 1. The minimum atomic E-state index is -1.11. The van der Waals surface area contributed by atoms with E-state index in [-0.39, 0.29) is 5.97 Å². The standard InChI is InChI=1S/C31H26N2O3/c1-4-33(5-2)23-15-16-26-29(19-23)35-28-17-14-22(32-21-12-10-20(3)11-13-21)18-27(28)31(26)25-9-7-6-8-24(25)30(34)36-31/h4,6-19,32H,1,5H2,2-3H3. The zero-order valence-electron chi connectivity index (χ0n) is 20.2. The largest absolute Gasteiger partial charge is 0.456 e. The first-order valence-electron chi connectivity index (χ1n) is 12.1. The molecule has 0 aromatic heterocycles. The van der Waals surface area contributed by atoms with Crippen molar-refractivity contribution in [2.75, 3.05) is 16.8 Å². The lowest BCUT2D eigenvalue weighted by atomic mass is 9.77. The van der Waals surface area contributed by atoms with Crippen LogP contribution in [0.4, 0.5) is 17.1 Å². The van der Waals surface area contributed by atoms with Crippen LogP contribution in [-0.2, 0) is 10.3 Å². The Balaban J connectivity index is 1.54. The molecule has 0 aliphatic carbocycles. The van der Waals surface area contributed by atoms with Gasteiger partial charge in [0.1, 0.15) is 11.5 Å². The van der Waals surface area contributed by atoms with Gasteiger partial charge in [0.15, 0.2) is 5.60 Å². The number of anilines is 3. The van der Waals surface area contributed by atoms with Crippen LogP contribution in [0.1, 0.15) is 39.5 Å². The van der Waals surface area contributed by atoms with Gasteiger partial charge in [-0.15, -0.1) is 0 Å². The van der Waals surface area contributed by atoms with Crippen molar-refractivity contribution < 1.29 is 14.3 Å². The smallest absolute Gasteiger partial charge is 0.340 e. The quantitative estimate of drug-likeness (QED) is 0.308. The molecule has 2 aliphatic rings. The third-order valence-corrected chi connectivity index (χ3v) is 6.93. The van der Waals surface area contributed by atoms with Gasteiger partial charge in [0.05, 0.1) is 5.56 Å². The lowest BCUT2D eigenvalue weighted by Crippen LogP contribution is -2.33. The molecule has 0 radical (unpaired) electrons. The number of carbonyl (C=O) groups is 1. The monoisotopic (exact) mass is 474 g/mol. The molecule has 2 heterocycles. The third-order valence-electron chi connectivity index (χ3n) is 6.93. The van der Waals surface area contributed by atoms with Gasteiger partial charge in [0.2, 0.25) is 0 Å². The number of hydrogen-bond donors (Lipinski definition) is 1. The van der Waals surface area contributed by atoms with E-state index in [1.54, 1.807) is 6.20 Å². The number of rotatable bonds is 5. The highest BCUT2D eigenvalue weighted by atomic mass is 16.6. The predicted octanol–water partition coefficient (Wildman–Crippen LogP) is 7.28. The highest BCUT2D eigenvalue weighted by Crippen LogP contribution is 2.57. The van der Waals surface area contributed by atoms with Gasteiger partial charge in [-0.05, 0) is 68.6 Å². The van der Waals surface area contributed by atoms with Gasteiger partial charge in [-0.2, -0.15) is 0 Å². The molecule has 1 spiro atoms. The Morgan fingerprint density at radius 3 is 2.44 bits per heavy atom. The van der Waals surface area contributed by atoms with E-state index >= 15 is 0 Å². The zero-order valence-corrected chi connectivity index (χ0v) is 20.2. The number of esters is 1. The molecule has 0 amide bonds. The first kappa shape index (κ1) is 22.0. The maximum absolute atomic E-state index is 13.1. The van der Waals surface area contributed by atoms with Gasteiger partial charge in [0.25, 0.3) is 0 Å². The number of ether oxygens (including phenoxy) is 2. The third kappa shape index (κ3) is 3.28. The minimum absolute atomic E-state index is 0.341. The summed E-state index contributed by atoms with van der Waals surface area (Å²) in [7, 11) is 0. The Morgan fingerprint density at radius 2 is 1.67 bits per heavy atom. The fourth-order valence-corrected chi connectivity index (χ4v) is 5.14. The molecule has 0 bridgehead atoms. The lowest BCUT2D eigenvalue weighted by Gasteiger charge is -2.37. The predicted molar refractivity (Wildman–Crippen MR) is 142 cm³/mol. The highest BCUT2D eigenvalue weighted by Gasteiger charge is 2.53. The molecule has 2 aliphatic heterocycles. The summed E-state index contributed by atoms with van der Waals surface area (Å²) in [4.78, 5) is 15.2. The van der Waals surface area contributed by atoms with E-state index in [1.807, 2.05) is 77.7 Å². The van der Waals surface area contributed by atoms with Crippen LogP contribution in [-0.4, -0.2) is 12.5 Å². The molecular weight excluding hydrogens is 448 g/mol. The van der Waals surface area contributed by atoms with Crippen LogP contribution in [0.3, 0.4) is 0 Å². The van der Waals surface area contributed by atoms with E-state index in [0.717, 1.165) is 40.3 Å². The Morgan fingerprint density at radius 1 is 0.889 bits per heavy atom. The molecule has 0 saturated heterocycles.